The number of rotatable bonds is 5. The molecule has 0 amide bonds. The summed E-state index contributed by atoms with van der Waals surface area (Å²) in [5.74, 6) is -0.316. The summed E-state index contributed by atoms with van der Waals surface area (Å²) >= 11 is 0. The molecule has 1 heterocycles. The molecule has 0 spiro atoms. The van der Waals surface area contributed by atoms with Crippen molar-refractivity contribution in [3.05, 3.63) is 71.4 Å². The smallest absolute Gasteiger partial charge is 0.340 e. The summed E-state index contributed by atoms with van der Waals surface area (Å²) in [5, 5.41) is 3.84. The van der Waals surface area contributed by atoms with Crippen LogP contribution in [-0.4, -0.2) is 26.0 Å². The van der Waals surface area contributed by atoms with E-state index in [4.69, 9.17) is 4.18 Å². The standard InChI is InChI=1S/C18H18N2O5S2/c1-13-4-8-16(9-5-13)26(21,22)20-15(3)12-18(19-20)25-27(23,24)17-10-6-14(2)7-11-17/h4-12H,1-3H3. The van der Waals surface area contributed by atoms with E-state index in [1.807, 2.05) is 13.8 Å². The van der Waals surface area contributed by atoms with Gasteiger partial charge in [-0.3, -0.25) is 0 Å². The van der Waals surface area contributed by atoms with E-state index >= 15 is 0 Å². The summed E-state index contributed by atoms with van der Waals surface area (Å²) in [6.45, 7) is 5.18. The Morgan fingerprint density at radius 1 is 0.778 bits per heavy atom. The van der Waals surface area contributed by atoms with Crippen molar-refractivity contribution in [2.75, 3.05) is 0 Å². The van der Waals surface area contributed by atoms with E-state index in [1.54, 1.807) is 24.3 Å². The molecule has 0 N–H and O–H groups in total. The maximum absolute atomic E-state index is 12.7. The van der Waals surface area contributed by atoms with Crippen molar-refractivity contribution in [3.63, 3.8) is 0 Å². The molecule has 0 aliphatic rings. The highest BCUT2D eigenvalue weighted by Gasteiger charge is 2.24. The minimum Gasteiger partial charge on any atom is -0.356 e. The van der Waals surface area contributed by atoms with Gasteiger partial charge in [0.05, 0.1) is 10.6 Å². The summed E-state index contributed by atoms with van der Waals surface area (Å²) < 4.78 is 56.0. The molecule has 0 radical (unpaired) electrons. The molecule has 9 heteroatoms. The Kier molecular flexibility index (Phi) is 4.83. The van der Waals surface area contributed by atoms with E-state index < -0.39 is 20.1 Å². The SMILES string of the molecule is Cc1ccc(S(=O)(=O)Oc2cc(C)n(S(=O)(=O)c3ccc(C)cc3)n2)cc1. The Balaban J connectivity index is 1.95. The topological polar surface area (TPSA) is 95.3 Å². The van der Waals surface area contributed by atoms with Crippen LogP contribution in [0, 0.1) is 20.8 Å². The maximum atomic E-state index is 12.7. The lowest BCUT2D eigenvalue weighted by Gasteiger charge is -2.07. The van der Waals surface area contributed by atoms with Gasteiger partial charge in [-0.1, -0.05) is 35.4 Å². The van der Waals surface area contributed by atoms with E-state index in [0.29, 0.717) is 0 Å². The monoisotopic (exact) mass is 406 g/mol. The van der Waals surface area contributed by atoms with Crippen LogP contribution in [0.3, 0.4) is 0 Å². The summed E-state index contributed by atoms with van der Waals surface area (Å²) in [5.41, 5.74) is 2.04. The van der Waals surface area contributed by atoms with Gasteiger partial charge in [0.15, 0.2) is 0 Å². The Morgan fingerprint density at radius 2 is 1.26 bits per heavy atom. The van der Waals surface area contributed by atoms with Crippen LogP contribution in [-0.2, 0) is 20.1 Å². The molecule has 0 bridgehead atoms. The fourth-order valence-electron chi connectivity index (χ4n) is 2.39. The van der Waals surface area contributed by atoms with Crippen LogP contribution in [0.2, 0.25) is 0 Å². The first kappa shape index (κ1) is 19.1. The third kappa shape index (κ3) is 3.88. The van der Waals surface area contributed by atoms with Crippen LogP contribution >= 0.6 is 0 Å². The zero-order chi connectivity index (χ0) is 19.8. The van der Waals surface area contributed by atoms with Crippen LogP contribution in [0.15, 0.2) is 64.4 Å². The Hall–Kier alpha value is -2.65. The fraction of sp³-hybridized carbons (Fsp3) is 0.167. The van der Waals surface area contributed by atoms with E-state index in [9.17, 15) is 16.8 Å². The number of benzene rings is 2. The molecule has 0 saturated heterocycles. The van der Waals surface area contributed by atoms with Gasteiger partial charge in [0.25, 0.3) is 15.9 Å². The minimum atomic E-state index is -4.12. The maximum Gasteiger partial charge on any atom is 0.340 e. The van der Waals surface area contributed by atoms with Gasteiger partial charge in [-0.25, -0.2) is 0 Å². The molecular formula is C18H18N2O5S2. The number of hydrogen-bond acceptors (Lipinski definition) is 6. The van der Waals surface area contributed by atoms with Gasteiger partial charge in [-0.05, 0) is 45.0 Å². The van der Waals surface area contributed by atoms with Crippen molar-refractivity contribution >= 4 is 20.1 Å². The normalized spacial score (nSPS) is 12.1. The van der Waals surface area contributed by atoms with E-state index in [2.05, 4.69) is 5.10 Å². The number of hydrogen-bond donors (Lipinski definition) is 0. The van der Waals surface area contributed by atoms with Crippen LogP contribution in [0.4, 0.5) is 0 Å². The molecule has 7 nitrogen and oxygen atoms in total. The molecule has 0 fully saturated rings. The average molecular weight is 406 g/mol. The Bertz CT molecular complexity index is 1180. The quantitative estimate of drug-likeness (QED) is 0.605. The van der Waals surface area contributed by atoms with Crippen LogP contribution in [0.1, 0.15) is 16.8 Å². The summed E-state index contributed by atoms with van der Waals surface area (Å²) in [6, 6.07) is 13.6. The second-order valence-corrected chi connectivity index (χ2v) is 9.45. The van der Waals surface area contributed by atoms with Crippen molar-refractivity contribution < 1.29 is 21.0 Å². The summed E-state index contributed by atoms with van der Waals surface area (Å²) in [6.07, 6.45) is 0. The molecule has 0 atom stereocenters. The largest absolute Gasteiger partial charge is 0.356 e. The van der Waals surface area contributed by atoms with Crippen molar-refractivity contribution in [1.29, 1.82) is 0 Å². The van der Waals surface area contributed by atoms with Crippen molar-refractivity contribution in [3.8, 4) is 5.88 Å². The molecule has 0 aliphatic heterocycles. The fourth-order valence-corrected chi connectivity index (χ4v) is 4.56. The lowest BCUT2D eigenvalue weighted by molar-refractivity contribution is 0.472. The first-order chi connectivity index (χ1) is 12.6. The van der Waals surface area contributed by atoms with Crippen molar-refractivity contribution in [2.45, 2.75) is 30.6 Å². The van der Waals surface area contributed by atoms with Crippen LogP contribution in [0.5, 0.6) is 5.88 Å². The van der Waals surface area contributed by atoms with Gasteiger partial charge in [0.1, 0.15) is 4.90 Å². The molecule has 27 heavy (non-hydrogen) atoms. The van der Waals surface area contributed by atoms with Gasteiger partial charge in [0, 0.05) is 6.07 Å². The zero-order valence-corrected chi connectivity index (χ0v) is 16.6. The van der Waals surface area contributed by atoms with E-state index in [0.717, 1.165) is 15.2 Å². The lowest BCUT2D eigenvalue weighted by Crippen LogP contribution is -2.16. The van der Waals surface area contributed by atoms with E-state index in [-0.39, 0.29) is 21.4 Å². The molecule has 2 aromatic carbocycles. The summed E-state index contributed by atoms with van der Waals surface area (Å²) in [4.78, 5) is 0.00827. The summed E-state index contributed by atoms with van der Waals surface area (Å²) in [7, 11) is -8.08. The minimum absolute atomic E-state index is 0.0401. The first-order valence-electron chi connectivity index (χ1n) is 8.00. The van der Waals surface area contributed by atoms with Crippen LogP contribution < -0.4 is 4.18 Å². The Morgan fingerprint density at radius 3 is 1.78 bits per heavy atom. The first-order valence-corrected chi connectivity index (χ1v) is 10.8. The molecule has 1 aromatic heterocycles. The third-order valence-electron chi connectivity index (χ3n) is 3.87. The van der Waals surface area contributed by atoms with Gasteiger partial charge in [0.2, 0.25) is 0 Å². The van der Waals surface area contributed by atoms with Gasteiger partial charge in [-0.2, -0.15) is 20.9 Å². The van der Waals surface area contributed by atoms with Gasteiger partial charge >= 0.3 is 10.1 Å². The van der Waals surface area contributed by atoms with E-state index in [1.165, 1.54) is 37.3 Å². The average Bonchev–Trinajstić information content (AvgIpc) is 2.96. The highest BCUT2D eigenvalue weighted by Crippen LogP contribution is 2.22. The predicted octanol–water partition coefficient (Wildman–Crippen LogP) is 2.81. The van der Waals surface area contributed by atoms with Gasteiger partial charge in [-0.15, -0.1) is 5.10 Å². The second-order valence-electron chi connectivity index (χ2n) is 6.14. The van der Waals surface area contributed by atoms with Crippen molar-refractivity contribution in [2.24, 2.45) is 0 Å². The zero-order valence-electron chi connectivity index (χ0n) is 14.9. The second kappa shape index (κ2) is 6.82. The lowest BCUT2D eigenvalue weighted by atomic mass is 10.2. The van der Waals surface area contributed by atoms with Gasteiger partial charge < -0.3 is 4.18 Å². The molecule has 0 unspecified atom stereocenters. The molecule has 0 saturated carbocycles. The van der Waals surface area contributed by atoms with Crippen molar-refractivity contribution in [1.82, 2.24) is 9.19 Å². The highest BCUT2D eigenvalue weighted by molar-refractivity contribution is 7.90. The Labute approximate surface area is 158 Å². The number of aryl methyl sites for hydroxylation is 3. The molecule has 3 aromatic rings. The molecular weight excluding hydrogens is 388 g/mol. The third-order valence-corrected chi connectivity index (χ3v) is 6.81. The van der Waals surface area contributed by atoms with Crippen LogP contribution in [0.25, 0.3) is 0 Å². The predicted molar refractivity (Wildman–Crippen MR) is 99.7 cm³/mol. The molecule has 142 valence electrons. The highest BCUT2D eigenvalue weighted by atomic mass is 32.2. The number of nitrogens with zero attached hydrogens (tertiary/aromatic N) is 2. The number of aromatic nitrogens is 2. The molecule has 3 rings (SSSR count). The molecule has 0 aliphatic carbocycles.